The van der Waals surface area contributed by atoms with E-state index in [4.69, 9.17) is 0 Å². The SMILES string of the molecule is CC([SiH2]CCCC(F)F)[SiH2]CCCC(F)F. The van der Waals surface area contributed by atoms with Gasteiger partial charge in [0.2, 0.25) is 12.9 Å². The molecule has 0 spiro atoms. The minimum Gasteiger partial charge on any atom is -0.211 e. The van der Waals surface area contributed by atoms with Gasteiger partial charge in [0.15, 0.2) is 0 Å². The summed E-state index contributed by atoms with van der Waals surface area (Å²) in [6, 6.07) is 1.99. The van der Waals surface area contributed by atoms with Crippen molar-refractivity contribution in [1.29, 1.82) is 0 Å². The van der Waals surface area contributed by atoms with E-state index in [1.165, 1.54) is 0 Å². The zero-order chi connectivity index (χ0) is 12.4. The molecule has 0 aromatic heterocycles. The molecule has 0 atom stereocenters. The number of hydrogen-bond acceptors (Lipinski definition) is 0. The molecular weight excluding hydrogens is 252 g/mol. The molecule has 0 N–H and O–H groups in total. The third-order valence-corrected chi connectivity index (χ3v) is 8.98. The quantitative estimate of drug-likeness (QED) is 0.326. The first-order valence-electron chi connectivity index (χ1n) is 6.08. The Kier molecular flexibility index (Phi) is 10.4. The smallest absolute Gasteiger partial charge is 0.211 e. The van der Waals surface area contributed by atoms with E-state index in [0.717, 1.165) is 17.3 Å². The normalized spacial score (nSPS) is 15.2. The van der Waals surface area contributed by atoms with E-state index in [1.807, 2.05) is 0 Å². The summed E-state index contributed by atoms with van der Waals surface area (Å²) in [7, 11) is -0.427. The molecule has 0 bridgehead atoms. The largest absolute Gasteiger partial charge is 0.238 e. The van der Waals surface area contributed by atoms with Gasteiger partial charge in [-0.05, 0) is 0 Å². The molecule has 0 fully saturated rings. The molecule has 0 amide bonds. The van der Waals surface area contributed by atoms with Crippen LogP contribution in [0.2, 0.25) is 17.3 Å². The van der Waals surface area contributed by atoms with Gasteiger partial charge in [0, 0.05) is 31.9 Å². The van der Waals surface area contributed by atoms with Crippen LogP contribution in [0.5, 0.6) is 0 Å². The van der Waals surface area contributed by atoms with E-state index in [0.29, 0.717) is 12.8 Å². The molecule has 0 saturated carbocycles. The van der Waals surface area contributed by atoms with E-state index in [1.54, 1.807) is 0 Å². The average Bonchev–Trinajstić information content (AvgIpc) is 2.19. The van der Waals surface area contributed by atoms with Crippen LogP contribution in [0.4, 0.5) is 17.6 Å². The van der Waals surface area contributed by atoms with Gasteiger partial charge in [-0.2, -0.15) is 0 Å². The first-order valence-corrected chi connectivity index (χ1v) is 9.72. The molecular formula is C10H22F4Si2. The second-order valence-electron chi connectivity index (χ2n) is 4.46. The third kappa shape index (κ3) is 12.2. The van der Waals surface area contributed by atoms with Crippen LogP contribution in [0.3, 0.4) is 0 Å². The Morgan fingerprint density at radius 2 is 1.19 bits per heavy atom. The first-order chi connectivity index (χ1) is 7.52. The van der Waals surface area contributed by atoms with Crippen LogP contribution in [0.1, 0.15) is 32.6 Å². The second kappa shape index (κ2) is 10.3. The van der Waals surface area contributed by atoms with Crippen LogP contribution in [0.25, 0.3) is 0 Å². The maximum absolute atomic E-state index is 11.8. The fraction of sp³-hybridized carbons (Fsp3) is 1.00. The molecule has 98 valence electrons. The highest BCUT2D eigenvalue weighted by molar-refractivity contribution is 6.58. The van der Waals surface area contributed by atoms with Crippen LogP contribution in [0, 0.1) is 0 Å². The van der Waals surface area contributed by atoms with E-state index in [-0.39, 0.29) is 31.9 Å². The Balaban J connectivity index is 3.21. The molecule has 0 unspecified atom stereocenters. The summed E-state index contributed by atoms with van der Waals surface area (Å²) in [6.07, 6.45) is -2.95. The lowest BCUT2D eigenvalue weighted by Gasteiger charge is -2.09. The highest BCUT2D eigenvalue weighted by atomic mass is 28.3. The Morgan fingerprint density at radius 1 is 0.812 bits per heavy atom. The van der Waals surface area contributed by atoms with Gasteiger partial charge in [-0.15, -0.1) is 0 Å². The van der Waals surface area contributed by atoms with Gasteiger partial charge in [0.1, 0.15) is 0 Å². The lowest BCUT2D eigenvalue weighted by Crippen LogP contribution is -2.08. The maximum Gasteiger partial charge on any atom is 0.238 e. The molecule has 0 aliphatic heterocycles. The van der Waals surface area contributed by atoms with Crippen LogP contribution in [-0.2, 0) is 0 Å². The summed E-state index contributed by atoms with van der Waals surface area (Å²) in [5, 5.41) is 0.746. The van der Waals surface area contributed by atoms with Crippen LogP contribution < -0.4 is 0 Å². The van der Waals surface area contributed by atoms with E-state index in [2.05, 4.69) is 6.92 Å². The topological polar surface area (TPSA) is 0 Å². The maximum atomic E-state index is 11.8. The van der Waals surface area contributed by atoms with Crippen LogP contribution in [0.15, 0.2) is 0 Å². The molecule has 0 saturated heterocycles. The molecule has 0 heterocycles. The molecule has 0 aromatic carbocycles. The Bertz CT molecular complexity index is 140. The fourth-order valence-electron chi connectivity index (χ4n) is 1.73. The lowest BCUT2D eigenvalue weighted by molar-refractivity contribution is 0.136. The predicted octanol–water partition coefficient (Wildman–Crippen LogP) is 3.02. The monoisotopic (exact) mass is 274 g/mol. The molecule has 16 heavy (non-hydrogen) atoms. The van der Waals surface area contributed by atoms with Crippen molar-refractivity contribution in [3.05, 3.63) is 0 Å². The van der Waals surface area contributed by atoms with Crippen molar-refractivity contribution in [2.45, 2.75) is 62.7 Å². The van der Waals surface area contributed by atoms with Crippen molar-refractivity contribution >= 4 is 19.0 Å². The van der Waals surface area contributed by atoms with Crippen molar-refractivity contribution in [2.24, 2.45) is 0 Å². The second-order valence-corrected chi connectivity index (χ2v) is 11.0. The van der Waals surface area contributed by atoms with E-state index >= 15 is 0 Å². The van der Waals surface area contributed by atoms with Crippen molar-refractivity contribution < 1.29 is 17.6 Å². The average molecular weight is 274 g/mol. The van der Waals surface area contributed by atoms with Crippen molar-refractivity contribution in [3.8, 4) is 0 Å². The minimum atomic E-state index is -2.16. The summed E-state index contributed by atoms with van der Waals surface area (Å²) < 4.78 is 47.3. The Labute approximate surface area is 99.8 Å². The van der Waals surface area contributed by atoms with Gasteiger partial charge >= 0.3 is 0 Å². The van der Waals surface area contributed by atoms with Gasteiger partial charge in [-0.3, -0.25) is 0 Å². The number of halogens is 4. The van der Waals surface area contributed by atoms with Gasteiger partial charge in [-0.25, -0.2) is 17.6 Å². The summed E-state index contributed by atoms with van der Waals surface area (Å²) in [6.45, 7) is 2.18. The molecule has 0 aromatic rings. The summed E-state index contributed by atoms with van der Waals surface area (Å²) >= 11 is 0. The molecule has 0 nitrogen and oxygen atoms in total. The first kappa shape index (κ1) is 16.2. The third-order valence-electron chi connectivity index (χ3n) is 2.74. The standard InChI is InChI=1S/C10H22F4Si2/c1-8(15-6-2-4-9(11)12)16-7-3-5-10(13)14/h8-10H,2-7,15-16H2,1H3. The Morgan fingerprint density at radius 3 is 1.50 bits per heavy atom. The van der Waals surface area contributed by atoms with Gasteiger partial charge in [-0.1, -0.05) is 37.0 Å². The van der Waals surface area contributed by atoms with Gasteiger partial charge < -0.3 is 0 Å². The van der Waals surface area contributed by atoms with E-state index < -0.39 is 12.9 Å². The van der Waals surface area contributed by atoms with Crippen molar-refractivity contribution in [1.82, 2.24) is 0 Å². The molecule has 0 radical (unpaired) electrons. The summed E-state index contributed by atoms with van der Waals surface area (Å²) in [4.78, 5) is 0. The molecule has 0 rings (SSSR count). The minimum absolute atomic E-state index is 0.0344. The van der Waals surface area contributed by atoms with Crippen molar-refractivity contribution in [3.63, 3.8) is 0 Å². The number of rotatable bonds is 10. The van der Waals surface area contributed by atoms with Crippen LogP contribution in [-0.4, -0.2) is 31.9 Å². The zero-order valence-corrected chi connectivity index (χ0v) is 12.7. The number of hydrogen-bond donors (Lipinski definition) is 0. The number of alkyl halides is 4. The fourth-order valence-corrected chi connectivity index (χ4v) is 7.16. The zero-order valence-electron chi connectivity index (χ0n) is 9.90. The molecule has 0 aliphatic carbocycles. The molecule has 6 heteroatoms. The molecule has 0 aliphatic rings. The highest BCUT2D eigenvalue weighted by Crippen LogP contribution is 2.12. The summed E-state index contributed by atoms with van der Waals surface area (Å²) in [5.74, 6) is 0. The Hall–Kier alpha value is 0.154. The lowest BCUT2D eigenvalue weighted by atomic mass is 10.3. The highest BCUT2D eigenvalue weighted by Gasteiger charge is 2.07. The summed E-state index contributed by atoms with van der Waals surface area (Å²) in [5.41, 5.74) is 0. The predicted molar refractivity (Wildman–Crippen MR) is 66.6 cm³/mol. The van der Waals surface area contributed by atoms with Gasteiger partial charge in [0.05, 0.1) is 0 Å². The van der Waals surface area contributed by atoms with Crippen molar-refractivity contribution in [2.75, 3.05) is 0 Å². The van der Waals surface area contributed by atoms with Gasteiger partial charge in [0.25, 0.3) is 0 Å². The van der Waals surface area contributed by atoms with E-state index in [9.17, 15) is 17.6 Å². The van der Waals surface area contributed by atoms with Crippen LogP contribution >= 0.6 is 0 Å².